The molecule has 372 valence electrons. The number of halogens is 1. The number of sulfonamides is 1. The zero-order valence-corrected chi connectivity index (χ0v) is 42.6. The molecule has 8 atom stereocenters. The number of hydrogen-bond donors (Lipinski definition) is 5. The molecule has 0 radical (unpaired) electrons. The van der Waals surface area contributed by atoms with Gasteiger partial charge in [0.05, 0.1) is 29.5 Å². The SMILES string of the molecule is C=CC1CC1(NC(=O)C1CC(Oc2cc(-c3csc(NC(O)C(C)C)n3)nc3c2OC2=CC=C(OCCC)C(Cl)C23C)CN1C(=O)C(NC(=O)OC(C)(C)C)C(C)(C)C)C(=O)NS(=O)(=O)C1CC1. The topological polar surface area (TPSA) is 237 Å². The van der Waals surface area contributed by atoms with Crippen molar-refractivity contribution < 1.29 is 51.6 Å². The molecule has 7 rings (SSSR count). The Balaban J connectivity index is 1.26. The maximum Gasteiger partial charge on any atom is 0.408 e. The minimum atomic E-state index is -3.98. The zero-order chi connectivity index (χ0) is 49.9. The Hall–Kier alpha value is -4.92. The highest BCUT2D eigenvalue weighted by atomic mass is 35.5. The van der Waals surface area contributed by atoms with E-state index in [0.29, 0.717) is 53.2 Å². The van der Waals surface area contributed by atoms with E-state index in [9.17, 15) is 32.7 Å². The van der Waals surface area contributed by atoms with Crippen molar-refractivity contribution in [2.24, 2.45) is 17.3 Å². The predicted molar refractivity (Wildman–Crippen MR) is 256 cm³/mol. The van der Waals surface area contributed by atoms with E-state index >= 15 is 0 Å². The standard InChI is InChI=1S/C47H64ClN7O11S2/c1-12-18-63-31-16-17-33-46(11,35(31)48)36-34(65-33)32(20-28(49-36)29-23-67-42(50-29)52-38(56)24(3)4)64-26-19-30(55(22-26)40(58)37(44(5,6)7)51-43(60)66-45(8,9)10)39(57)53-47(21-25(47)13-2)41(59)54-68(61,62)27-14-15-27/h13,16-17,20,23-27,30,35,37-38,56H,2,12,14-15,18-19,21-22H2,1,3-11H3,(H,50,52)(H,51,60)(H,53,57)(H,54,59). The number of anilines is 1. The molecule has 5 aliphatic rings. The minimum absolute atomic E-state index is 0.0868. The third-order valence-corrected chi connectivity index (χ3v) is 15.9. The number of thiazole rings is 1. The van der Waals surface area contributed by atoms with Crippen molar-refractivity contribution in [3.05, 3.63) is 53.5 Å². The van der Waals surface area contributed by atoms with E-state index in [2.05, 4.69) is 27.3 Å². The van der Waals surface area contributed by atoms with Crippen molar-refractivity contribution in [3.63, 3.8) is 0 Å². The molecule has 2 saturated carbocycles. The third-order valence-electron chi connectivity index (χ3n) is 12.6. The molecule has 21 heteroatoms. The van der Waals surface area contributed by atoms with Gasteiger partial charge in [0.1, 0.15) is 63.8 Å². The van der Waals surface area contributed by atoms with Gasteiger partial charge in [-0.1, -0.05) is 47.6 Å². The lowest BCUT2D eigenvalue weighted by molar-refractivity contribution is -0.143. The van der Waals surface area contributed by atoms with Crippen LogP contribution in [0.3, 0.4) is 0 Å². The Bertz CT molecular complexity index is 2510. The Morgan fingerprint density at radius 3 is 2.43 bits per heavy atom. The summed E-state index contributed by atoms with van der Waals surface area (Å²) in [7, 11) is -3.98. The van der Waals surface area contributed by atoms with Gasteiger partial charge in [0.15, 0.2) is 16.6 Å². The van der Waals surface area contributed by atoms with E-state index in [1.807, 2.05) is 27.7 Å². The number of aliphatic hydroxyl groups is 1. The largest absolute Gasteiger partial charge is 0.496 e. The summed E-state index contributed by atoms with van der Waals surface area (Å²) < 4.78 is 53.0. The molecule has 18 nitrogen and oxygen atoms in total. The number of pyridine rings is 1. The number of rotatable bonds is 17. The van der Waals surface area contributed by atoms with Gasteiger partial charge in [0.25, 0.3) is 5.91 Å². The first-order chi connectivity index (χ1) is 31.7. The van der Waals surface area contributed by atoms with Crippen LogP contribution in [0.4, 0.5) is 9.93 Å². The van der Waals surface area contributed by atoms with Crippen LogP contribution in [0.5, 0.6) is 11.5 Å². The number of hydrogen-bond acceptors (Lipinski definition) is 15. The second-order valence-electron chi connectivity index (χ2n) is 20.8. The van der Waals surface area contributed by atoms with Crippen LogP contribution in [0.1, 0.15) is 107 Å². The van der Waals surface area contributed by atoms with Crippen molar-refractivity contribution in [2.75, 3.05) is 18.5 Å². The second-order valence-corrected chi connectivity index (χ2v) is 24.0. The van der Waals surface area contributed by atoms with Crippen LogP contribution in [0.25, 0.3) is 11.4 Å². The van der Waals surface area contributed by atoms with Gasteiger partial charge < -0.3 is 44.9 Å². The fourth-order valence-corrected chi connectivity index (χ4v) is 10.8. The molecule has 68 heavy (non-hydrogen) atoms. The van der Waals surface area contributed by atoms with Crippen molar-refractivity contribution >= 4 is 61.9 Å². The molecule has 4 amide bonds. The maximum absolute atomic E-state index is 15.0. The van der Waals surface area contributed by atoms with Crippen LogP contribution >= 0.6 is 22.9 Å². The number of likely N-dealkylation sites (tertiary alicyclic amines) is 1. The highest BCUT2D eigenvalue weighted by Crippen LogP contribution is 2.56. The van der Waals surface area contributed by atoms with Crippen LogP contribution in [-0.2, 0) is 39.3 Å². The summed E-state index contributed by atoms with van der Waals surface area (Å²) in [5.41, 5.74) is -3.20. The number of aliphatic hydroxyl groups excluding tert-OH is 1. The van der Waals surface area contributed by atoms with Gasteiger partial charge >= 0.3 is 6.09 Å². The van der Waals surface area contributed by atoms with Crippen molar-refractivity contribution in [3.8, 4) is 22.9 Å². The first-order valence-electron chi connectivity index (χ1n) is 23.0. The highest BCUT2D eigenvalue weighted by molar-refractivity contribution is 7.91. The van der Waals surface area contributed by atoms with Crippen LogP contribution in [0.2, 0.25) is 0 Å². The Kier molecular flexibility index (Phi) is 14.1. The third kappa shape index (κ3) is 10.3. The molecule has 5 N–H and O–H groups in total. The summed E-state index contributed by atoms with van der Waals surface area (Å²) in [6, 6.07) is -0.826. The van der Waals surface area contributed by atoms with Crippen molar-refractivity contribution in [2.45, 2.75) is 153 Å². The summed E-state index contributed by atoms with van der Waals surface area (Å²) in [5, 5.41) is 19.9. The Morgan fingerprint density at radius 1 is 1.12 bits per heavy atom. The number of nitrogens with zero attached hydrogens (tertiary/aromatic N) is 3. The number of carbonyl (C=O) groups excluding carboxylic acids is 4. The van der Waals surface area contributed by atoms with Gasteiger partial charge in [-0.2, -0.15) is 0 Å². The average molecular weight is 1000 g/mol. The number of allylic oxidation sites excluding steroid dienone is 4. The van der Waals surface area contributed by atoms with E-state index < -0.39 is 96.8 Å². The summed E-state index contributed by atoms with van der Waals surface area (Å²) in [4.78, 5) is 67.9. The minimum Gasteiger partial charge on any atom is -0.496 e. The Morgan fingerprint density at radius 2 is 1.82 bits per heavy atom. The Labute approximate surface area is 407 Å². The predicted octanol–water partition coefficient (Wildman–Crippen LogP) is 6.01. The van der Waals surface area contributed by atoms with Gasteiger partial charge in [-0.15, -0.1) is 29.5 Å². The molecular formula is C47H64ClN7O11S2. The van der Waals surface area contributed by atoms with Crippen LogP contribution in [0.15, 0.2) is 47.8 Å². The first-order valence-corrected chi connectivity index (χ1v) is 25.9. The lowest BCUT2D eigenvalue weighted by Gasteiger charge is -2.36. The molecule has 2 aromatic rings. The first kappa shape index (κ1) is 50.9. The summed E-state index contributed by atoms with van der Waals surface area (Å²) in [6.45, 7) is 22.1. The van der Waals surface area contributed by atoms with E-state index in [0.717, 1.165) is 6.42 Å². The van der Waals surface area contributed by atoms with E-state index in [4.69, 9.17) is 40.5 Å². The quantitative estimate of drug-likeness (QED) is 0.0694. The number of carbonyl (C=O) groups is 4. The normalized spacial score (nSPS) is 26.2. The molecule has 2 aliphatic heterocycles. The van der Waals surface area contributed by atoms with Gasteiger partial charge in [-0.25, -0.2) is 23.2 Å². The molecule has 0 bridgehead atoms. The van der Waals surface area contributed by atoms with Crippen molar-refractivity contribution in [1.29, 1.82) is 0 Å². The monoisotopic (exact) mass is 1000 g/mol. The lowest BCUT2D eigenvalue weighted by atomic mass is 9.78. The summed E-state index contributed by atoms with van der Waals surface area (Å²) in [5.74, 6) is -1.45. The number of nitrogens with one attached hydrogen (secondary N) is 4. The highest BCUT2D eigenvalue weighted by Gasteiger charge is 2.62. The molecule has 1 saturated heterocycles. The molecule has 0 aromatic carbocycles. The number of amides is 4. The smallest absolute Gasteiger partial charge is 0.408 e. The maximum atomic E-state index is 15.0. The number of ether oxygens (including phenoxy) is 4. The van der Waals surface area contributed by atoms with Gasteiger partial charge in [0.2, 0.25) is 21.8 Å². The molecule has 8 unspecified atom stereocenters. The van der Waals surface area contributed by atoms with E-state index in [-0.39, 0.29) is 36.8 Å². The molecule has 2 aromatic heterocycles. The lowest BCUT2D eigenvalue weighted by Crippen LogP contribution is -2.60. The van der Waals surface area contributed by atoms with Crippen molar-refractivity contribution in [1.82, 2.24) is 30.2 Å². The fraction of sp³-hybridized carbons (Fsp3) is 0.617. The molecule has 0 spiro atoms. The number of fused-ring (bicyclic) bond motifs is 3. The molecule has 3 fully saturated rings. The van der Waals surface area contributed by atoms with Crippen LogP contribution in [-0.4, -0.2) is 112 Å². The second kappa shape index (κ2) is 18.8. The molecule has 4 heterocycles. The number of alkyl halides is 1. The van der Waals surface area contributed by atoms with Gasteiger partial charge in [-0.3, -0.25) is 19.1 Å². The summed E-state index contributed by atoms with van der Waals surface area (Å²) >= 11 is 8.54. The van der Waals surface area contributed by atoms with E-state index in [1.165, 1.54) is 22.3 Å². The van der Waals surface area contributed by atoms with Gasteiger partial charge in [-0.05, 0) is 76.9 Å². The molecular weight excluding hydrogens is 938 g/mol. The fourth-order valence-electron chi connectivity index (χ4n) is 8.40. The number of aromatic nitrogens is 2. The van der Waals surface area contributed by atoms with Crippen LogP contribution in [0, 0.1) is 17.3 Å². The molecule has 3 aliphatic carbocycles. The average Bonchev–Trinajstić information content (AvgIpc) is 4.10. The number of alkyl carbamates (subject to hydrolysis) is 1. The zero-order valence-electron chi connectivity index (χ0n) is 40.2. The van der Waals surface area contributed by atoms with Crippen LogP contribution < -0.4 is 30.1 Å². The summed E-state index contributed by atoms with van der Waals surface area (Å²) in [6.07, 6.45) is 4.02. The van der Waals surface area contributed by atoms with Gasteiger partial charge in [0, 0.05) is 23.8 Å². The van der Waals surface area contributed by atoms with E-state index in [1.54, 1.807) is 65.1 Å².